The number of carbonyl (C=O) groups is 1. The zero-order chi connectivity index (χ0) is 13.5. The smallest absolute Gasteiger partial charge is 0.233 e. The number of para-hydroxylation sites is 1. The van der Waals surface area contributed by atoms with Crippen molar-refractivity contribution < 1.29 is 4.79 Å². The van der Waals surface area contributed by atoms with Crippen LogP contribution < -0.4 is 4.90 Å². The molecule has 4 nitrogen and oxygen atoms in total. The number of aryl methyl sites for hydroxylation is 1. The van der Waals surface area contributed by atoms with Crippen LogP contribution in [0.4, 0.5) is 11.5 Å². The Morgan fingerprint density at radius 3 is 2.80 bits per heavy atom. The van der Waals surface area contributed by atoms with E-state index in [-0.39, 0.29) is 5.91 Å². The Bertz CT molecular complexity index is 792. The molecule has 1 N–H and O–H groups in total. The van der Waals surface area contributed by atoms with Crippen LogP contribution in [0.25, 0.3) is 10.9 Å². The standard InChI is InChI=1S/C16H13N3O/c20-14-7-6-11-10-18-13-8-9-17-16(15(11)13)19(14)12-4-2-1-3-5-12/h1-5,8-10,18H,6-7H2. The number of hydrogen-bond acceptors (Lipinski definition) is 2. The van der Waals surface area contributed by atoms with E-state index in [1.807, 2.05) is 42.6 Å². The van der Waals surface area contributed by atoms with Crippen molar-refractivity contribution in [2.45, 2.75) is 12.8 Å². The first-order chi connectivity index (χ1) is 9.84. The number of carbonyl (C=O) groups excluding carboxylic acids is 1. The molecule has 0 radical (unpaired) electrons. The highest BCUT2D eigenvalue weighted by Crippen LogP contribution is 2.35. The molecule has 20 heavy (non-hydrogen) atoms. The molecule has 1 aliphatic rings. The van der Waals surface area contributed by atoms with Crippen LogP contribution in [-0.2, 0) is 11.2 Å². The summed E-state index contributed by atoms with van der Waals surface area (Å²) >= 11 is 0. The largest absolute Gasteiger partial charge is 0.361 e. The fraction of sp³-hybridized carbons (Fsp3) is 0.125. The monoisotopic (exact) mass is 263 g/mol. The first-order valence-corrected chi connectivity index (χ1v) is 6.67. The van der Waals surface area contributed by atoms with E-state index in [0.717, 1.165) is 34.4 Å². The van der Waals surface area contributed by atoms with Gasteiger partial charge in [0.1, 0.15) is 5.82 Å². The van der Waals surface area contributed by atoms with E-state index in [2.05, 4.69) is 9.97 Å². The van der Waals surface area contributed by atoms with E-state index in [1.165, 1.54) is 0 Å². The Balaban J connectivity index is 2.01. The summed E-state index contributed by atoms with van der Waals surface area (Å²) < 4.78 is 0. The van der Waals surface area contributed by atoms with Crippen molar-refractivity contribution in [1.29, 1.82) is 0 Å². The van der Waals surface area contributed by atoms with Gasteiger partial charge in [-0.05, 0) is 30.2 Å². The van der Waals surface area contributed by atoms with Crippen molar-refractivity contribution in [2.24, 2.45) is 0 Å². The van der Waals surface area contributed by atoms with E-state index in [4.69, 9.17) is 0 Å². The molecule has 3 heterocycles. The third kappa shape index (κ3) is 1.54. The first-order valence-electron chi connectivity index (χ1n) is 6.67. The molecule has 0 saturated carbocycles. The number of aromatic amines is 1. The molecule has 98 valence electrons. The number of anilines is 2. The number of pyridine rings is 1. The highest BCUT2D eigenvalue weighted by atomic mass is 16.2. The lowest BCUT2D eigenvalue weighted by atomic mass is 10.1. The highest BCUT2D eigenvalue weighted by molar-refractivity contribution is 6.08. The second-order valence-electron chi connectivity index (χ2n) is 4.94. The second-order valence-corrected chi connectivity index (χ2v) is 4.94. The molecule has 0 unspecified atom stereocenters. The van der Waals surface area contributed by atoms with Gasteiger partial charge in [0, 0.05) is 24.2 Å². The number of H-pyrrole nitrogens is 1. The summed E-state index contributed by atoms with van der Waals surface area (Å²) in [7, 11) is 0. The topological polar surface area (TPSA) is 49.0 Å². The number of nitrogens with one attached hydrogen (secondary N) is 1. The van der Waals surface area contributed by atoms with Crippen molar-refractivity contribution in [1.82, 2.24) is 9.97 Å². The van der Waals surface area contributed by atoms with Gasteiger partial charge in [-0.25, -0.2) is 4.98 Å². The van der Waals surface area contributed by atoms with E-state index in [0.29, 0.717) is 6.42 Å². The SMILES string of the molecule is O=C1CCc2c[nH]c3ccnc(c23)N1c1ccccc1. The van der Waals surface area contributed by atoms with Gasteiger partial charge in [-0.3, -0.25) is 9.69 Å². The maximum Gasteiger partial charge on any atom is 0.233 e. The molecule has 0 atom stereocenters. The molecule has 1 aromatic carbocycles. The molecule has 1 amide bonds. The number of hydrogen-bond donors (Lipinski definition) is 1. The van der Waals surface area contributed by atoms with Crippen LogP contribution >= 0.6 is 0 Å². The van der Waals surface area contributed by atoms with E-state index < -0.39 is 0 Å². The fourth-order valence-electron chi connectivity index (χ4n) is 2.81. The normalized spacial score (nSPS) is 14.6. The van der Waals surface area contributed by atoms with Gasteiger partial charge in [0.05, 0.1) is 11.2 Å². The Morgan fingerprint density at radius 2 is 1.95 bits per heavy atom. The minimum absolute atomic E-state index is 0.0902. The van der Waals surface area contributed by atoms with Gasteiger partial charge in [0.2, 0.25) is 5.91 Å². The van der Waals surface area contributed by atoms with Gasteiger partial charge in [0.15, 0.2) is 0 Å². The minimum Gasteiger partial charge on any atom is -0.361 e. The Morgan fingerprint density at radius 1 is 1.10 bits per heavy atom. The van der Waals surface area contributed by atoms with Crippen LogP contribution in [0, 0.1) is 0 Å². The van der Waals surface area contributed by atoms with Crippen LogP contribution in [-0.4, -0.2) is 15.9 Å². The van der Waals surface area contributed by atoms with Gasteiger partial charge < -0.3 is 4.98 Å². The highest BCUT2D eigenvalue weighted by Gasteiger charge is 2.26. The van der Waals surface area contributed by atoms with Crippen LogP contribution in [0.15, 0.2) is 48.8 Å². The molecule has 4 rings (SSSR count). The molecule has 1 aliphatic heterocycles. The third-order valence-corrected chi connectivity index (χ3v) is 3.74. The molecule has 3 aromatic rings. The van der Waals surface area contributed by atoms with E-state index in [1.54, 1.807) is 11.1 Å². The summed E-state index contributed by atoms with van der Waals surface area (Å²) in [5.74, 6) is 0.819. The molecular weight excluding hydrogens is 250 g/mol. The lowest BCUT2D eigenvalue weighted by molar-refractivity contribution is -0.117. The van der Waals surface area contributed by atoms with Gasteiger partial charge in [-0.1, -0.05) is 18.2 Å². The maximum atomic E-state index is 12.5. The molecule has 0 saturated heterocycles. The first kappa shape index (κ1) is 11.2. The average molecular weight is 263 g/mol. The molecule has 0 spiro atoms. The van der Waals surface area contributed by atoms with Crippen LogP contribution in [0.2, 0.25) is 0 Å². The van der Waals surface area contributed by atoms with Gasteiger partial charge >= 0.3 is 0 Å². The summed E-state index contributed by atoms with van der Waals surface area (Å²) in [6.45, 7) is 0. The molecule has 2 aromatic heterocycles. The number of amides is 1. The predicted molar refractivity (Wildman–Crippen MR) is 78.0 cm³/mol. The summed E-state index contributed by atoms with van der Waals surface area (Å²) in [5, 5.41) is 1.06. The molecular formula is C16H13N3O. The molecule has 4 heteroatoms. The van der Waals surface area contributed by atoms with E-state index >= 15 is 0 Å². The summed E-state index contributed by atoms with van der Waals surface area (Å²) in [6.07, 6.45) is 4.98. The predicted octanol–water partition coefficient (Wildman–Crippen LogP) is 3.17. The fourth-order valence-corrected chi connectivity index (χ4v) is 2.81. The van der Waals surface area contributed by atoms with E-state index in [9.17, 15) is 4.79 Å². The van der Waals surface area contributed by atoms with Gasteiger partial charge in [-0.15, -0.1) is 0 Å². The van der Waals surface area contributed by atoms with Crippen molar-refractivity contribution in [2.75, 3.05) is 4.90 Å². The number of benzene rings is 1. The summed E-state index contributed by atoms with van der Waals surface area (Å²) in [5.41, 5.74) is 3.06. The van der Waals surface area contributed by atoms with Crippen molar-refractivity contribution >= 4 is 28.3 Å². The molecule has 0 aliphatic carbocycles. The van der Waals surface area contributed by atoms with Crippen LogP contribution in [0.5, 0.6) is 0 Å². The van der Waals surface area contributed by atoms with Crippen LogP contribution in [0.3, 0.4) is 0 Å². The van der Waals surface area contributed by atoms with Gasteiger partial charge in [-0.2, -0.15) is 0 Å². The number of aromatic nitrogens is 2. The average Bonchev–Trinajstić information content (AvgIpc) is 2.84. The van der Waals surface area contributed by atoms with Crippen molar-refractivity contribution in [3.63, 3.8) is 0 Å². The number of nitrogens with zero attached hydrogens (tertiary/aromatic N) is 2. The Labute approximate surface area is 116 Å². The minimum atomic E-state index is 0.0902. The second kappa shape index (κ2) is 4.20. The lowest BCUT2D eigenvalue weighted by Crippen LogP contribution is -2.25. The molecule has 0 fully saturated rings. The lowest BCUT2D eigenvalue weighted by Gasteiger charge is -2.21. The van der Waals surface area contributed by atoms with Crippen LogP contribution in [0.1, 0.15) is 12.0 Å². The Hall–Kier alpha value is -2.62. The zero-order valence-corrected chi connectivity index (χ0v) is 10.8. The Kier molecular flexibility index (Phi) is 2.36. The zero-order valence-electron chi connectivity index (χ0n) is 10.8. The summed E-state index contributed by atoms with van der Waals surface area (Å²) in [6, 6.07) is 11.6. The quantitative estimate of drug-likeness (QED) is 0.733. The van der Waals surface area contributed by atoms with Crippen molar-refractivity contribution in [3.05, 3.63) is 54.4 Å². The third-order valence-electron chi connectivity index (χ3n) is 3.74. The van der Waals surface area contributed by atoms with Gasteiger partial charge in [0.25, 0.3) is 0 Å². The number of rotatable bonds is 1. The van der Waals surface area contributed by atoms with Crippen molar-refractivity contribution in [3.8, 4) is 0 Å². The molecule has 0 bridgehead atoms. The maximum absolute atomic E-state index is 12.5. The summed E-state index contributed by atoms with van der Waals surface area (Å²) in [4.78, 5) is 21.9.